The molecule has 1 rings (SSSR count). The van der Waals surface area contributed by atoms with E-state index in [9.17, 15) is 9.90 Å². The van der Waals surface area contributed by atoms with E-state index in [1.165, 1.54) is 6.07 Å². The molecule has 0 atom stereocenters. The smallest absolute Gasteiger partial charge is 0.544 e. The first kappa shape index (κ1) is 9.97. The number of carbonyl (C=O) groups excluding carboxylic acids is 1. The number of anilines is 1. The Hall–Kier alpha value is -0.0300. The molecule has 1 heterocycles. The van der Waals surface area contributed by atoms with Gasteiger partial charge in [0.2, 0.25) is 0 Å². The van der Waals surface area contributed by atoms with Crippen molar-refractivity contribution < 1.29 is 39.5 Å². The van der Waals surface area contributed by atoms with Crippen LogP contribution in [-0.4, -0.2) is 5.97 Å². The maximum Gasteiger partial charge on any atom is 1.00 e. The van der Waals surface area contributed by atoms with E-state index in [1.807, 2.05) is 0 Å². The van der Waals surface area contributed by atoms with E-state index in [2.05, 4.69) is 0 Å². The number of carboxylic acids is 1. The first-order chi connectivity index (χ1) is 4.22. The van der Waals surface area contributed by atoms with Gasteiger partial charge >= 0.3 is 29.6 Å². The molecule has 0 aliphatic carbocycles. The summed E-state index contributed by atoms with van der Waals surface area (Å²) >= 11 is 1.07. The Morgan fingerprint density at radius 2 is 2.30 bits per heavy atom. The number of hydrogen-bond acceptors (Lipinski definition) is 4. The molecule has 10 heavy (non-hydrogen) atoms. The maximum absolute atomic E-state index is 10.1. The minimum Gasteiger partial charge on any atom is -0.544 e. The number of nitrogens with two attached hydrogens (primary N) is 1. The molecule has 0 bridgehead atoms. The second kappa shape index (κ2) is 3.98. The Morgan fingerprint density at radius 3 is 2.50 bits per heavy atom. The van der Waals surface area contributed by atoms with E-state index in [4.69, 9.17) is 5.73 Å². The van der Waals surface area contributed by atoms with Crippen LogP contribution in [0.25, 0.3) is 0 Å². The number of hydrogen-bond donors (Lipinski definition) is 1. The van der Waals surface area contributed by atoms with Crippen LogP contribution in [0.5, 0.6) is 0 Å². The molecule has 0 aliphatic heterocycles. The summed E-state index contributed by atoms with van der Waals surface area (Å²) in [4.78, 5) is 10.2. The summed E-state index contributed by atoms with van der Waals surface area (Å²) in [5.41, 5.74) is 5.51. The van der Waals surface area contributed by atoms with E-state index in [0.717, 1.165) is 11.3 Å². The van der Waals surface area contributed by atoms with Gasteiger partial charge in [-0.2, -0.15) is 0 Å². The van der Waals surface area contributed by atoms with E-state index in [1.54, 1.807) is 5.38 Å². The molecular weight excluding hydrogens is 161 g/mol. The minimum atomic E-state index is -1.21. The molecule has 48 valence electrons. The van der Waals surface area contributed by atoms with Crippen molar-refractivity contribution in [2.75, 3.05) is 5.73 Å². The molecule has 0 aromatic carbocycles. The fourth-order valence-electron chi connectivity index (χ4n) is 0.485. The minimum absolute atomic E-state index is 0. The fraction of sp³-hybridized carbons (Fsp3) is 0. The van der Waals surface area contributed by atoms with Crippen molar-refractivity contribution in [2.24, 2.45) is 0 Å². The summed E-state index contributed by atoms with van der Waals surface area (Å²) in [7, 11) is 0. The van der Waals surface area contributed by atoms with Gasteiger partial charge in [0, 0.05) is 0 Å². The van der Waals surface area contributed by atoms with Crippen LogP contribution in [0.3, 0.4) is 0 Å². The Kier molecular flexibility index (Phi) is 3.96. The Labute approximate surface area is 84.1 Å². The molecule has 0 fully saturated rings. The molecule has 0 saturated heterocycles. The molecule has 2 N–H and O–H groups in total. The predicted molar refractivity (Wildman–Crippen MR) is 33.1 cm³/mol. The van der Waals surface area contributed by atoms with Crippen LogP contribution in [0, 0.1) is 0 Å². The molecule has 0 spiro atoms. The number of aromatic carboxylic acids is 1. The molecule has 3 nitrogen and oxygen atoms in total. The molecule has 1 aromatic heterocycles. The van der Waals surface area contributed by atoms with Crippen molar-refractivity contribution in [3.05, 3.63) is 16.3 Å². The second-order valence-corrected chi connectivity index (χ2v) is 2.41. The summed E-state index contributed by atoms with van der Waals surface area (Å²) in [5.74, 6) is -1.21. The largest absolute Gasteiger partial charge is 1.00 e. The van der Waals surface area contributed by atoms with Crippen LogP contribution in [0.4, 0.5) is 5.69 Å². The third-order valence-electron chi connectivity index (χ3n) is 0.881. The number of rotatable bonds is 1. The zero-order valence-electron chi connectivity index (χ0n) is 5.46. The first-order valence-corrected chi connectivity index (χ1v) is 3.14. The third-order valence-corrected chi connectivity index (χ3v) is 1.79. The quantitative estimate of drug-likeness (QED) is 0.443. The average Bonchev–Trinajstić information content (AvgIpc) is 2.13. The van der Waals surface area contributed by atoms with Crippen molar-refractivity contribution in [1.29, 1.82) is 0 Å². The van der Waals surface area contributed by atoms with Crippen LogP contribution >= 0.6 is 11.3 Å². The van der Waals surface area contributed by atoms with Crippen molar-refractivity contribution >= 4 is 23.0 Å². The van der Waals surface area contributed by atoms with Gasteiger partial charge in [0.15, 0.2) is 0 Å². The van der Waals surface area contributed by atoms with Crippen molar-refractivity contribution in [2.45, 2.75) is 0 Å². The Bertz CT molecular complexity index is 235. The van der Waals surface area contributed by atoms with Gasteiger partial charge in [0.05, 0.1) is 16.5 Å². The van der Waals surface area contributed by atoms with Gasteiger partial charge in [-0.25, -0.2) is 0 Å². The zero-order valence-corrected chi connectivity index (χ0v) is 8.27. The van der Waals surface area contributed by atoms with Crippen LogP contribution in [0.2, 0.25) is 0 Å². The summed E-state index contributed by atoms with van der Waals surface area (Å²) in [6.07, 6.45) is 0. The molecule has 0 saturated carbocycles. The summed E-state index contributed by atoms with van der Waals surface area (Å²) in [6, 6.07) is 1.54. The maximum atomic E-state index is 10.1. The van der Waals surface area contributed by atoms with Crippen LogP contribution in [-0.2, 0) is 0 Å². The molecule has 5 heteroatoms. The van der Waals surface area contributed by atoms with Gasteiger partial charge in [-0.15, -0.1) is 11.3 Å². The van der Waals surface area contributed by atoms with Gasteiger partial charge in [0.1, 0.15) is 0 Å². The Balaban J connectivity index is 0.000000810. The van der Waals surface area contributed by atoms with Crippen LogP contribution < -0.4 is 40.4 Å². The standard InChI is InChI=1S/C5H5NO2S.Na/c6-3-1-2-9-4(3)5(7)8;/h1-2H,6H2,(H,7,8);/q;+1/p-1. The van der Waals surface area contributed by atoms with E-state index in [-0.39, 0.29) is 40.1 Å². The summed E-state index contributed by atoms with van der Waals surface area (Å²) in [6.45, 7) is 0. The van der Waals surface area contributed by atoms with Crippen LogP contribution in [0.1, 0.15) is 9.67 Å². The fourth-order valence-corrected chi connectivity index (χ4v) is 1.14. The first-order valence-electron chi connectivity index (χ1n) is 2.26. The molecule has 0 radical (unpaired) electrons. The Morgan fingerprint density at radius 1 is 1.70 bits per heavy atom. The van der Waals surface area contributed by atoms with Crippen LogP contribution in [0.15, 0.2) is 11.4 Å². The molecule has 0 unspecified atom stereocenters. The van der Waals surface area contributed by atoms with E-state index < -0.39 is 5.97 Å². The predicted octanol–water partition coefficient (Wildman–Crippen LogP) is -3.30. The number of carbonyl (C=O) groups is 1. The average molecular weight is 165 g/mol. The van der Waals surface area contributed by atoms with Crippen molar-refractivity contribution in [3.63, 3.8) is 0 Å². The van der Waals surface area contributed by atoms with Gasteiger partial charge in [-0.05, 0) is 11.4 Å². The van der Waals surface area contributed by atoms with Crippen molar-refractivity contribution in [1.82, 2.24) is 0 Å². The van der Waals surface area contributed by atoms with E-state index >= 15 is 0 Å². The number of nitrogen functional groups attached to an aromatic ring is 1. The molecular formula is C5H4NNaO2S. The van der Waals surface area contributed by atoms with Gasteiger partial charge in [-0.1, -0.05) is 0 Å². The molecule has 0 aliphatic rings. The third kappa shape index (κ3) is 1.98. The molecule has 0 amide bonds. The zero-order chi connectivity index (χ0) is 6.85. The number of thiophene rings is 1. The van der Waals surface area contributed by atoms with Gasteiger partial charge in [0.25, 0.3) is 0 Å². The van der Waals surface area contributed by atoms with Crippen molar-refractivity contribution in [3.8, 4) is 0 Å². The normalized spacial score (nSPS) is 8.40. The number of carboxylic acid groups (broad SMARTS) is 1. The van der Waals surface area contributed by atoms with Gasteiger partial charge in [-0.3, -0.25) is 0 Å². The monoisotopic (exact) mass is 165 g/mol. The summed E-state index contributed by atoms with van der Waals surface area (Å²) < 4.78 is 0. The molecule has 1 aromatic rings. The topological polar surface area (TPSA) is 66.2 Å². The van der Waals surface area contributed by atoms with Gasteiger partial charge < -0.3 is 15.6 Å². The summed E-state index contributed by atoms with van der Waals surface area (Å²) in [5, 5.41) is 11.7. The van der Waals surface area contributed by atoms with E-state index in [0.29, 0.717) is 0 Å². The second-order valence-electron chi connectivity index (χ2n) is 1.49. The SMILES string of the molecule is Nc1ccsc1C(=O)[O-].[Na+].